The summed E-state index contributed by atoms with van der Waals surface area (Å²) in [5, 5.41) is 29.6. The van der Waals surface area contributed by atoms with E-state index in [0.717, 1.165) is 6.07 Å². The molecule has 0 radical (unpaired) electrons. The van der Waals surface area contributed by atoms with E-state index in [0.29, 0.717) is 11.4 Å². The standard InChI is InChI=1S/C15H11ClN4O6/c1-8-13(19(22)23)7-12(16)14(15(8)20(24)25)18-17-10-3-5-11(6-4-10)26-9(2)21/h3-7H,1-2H3. The molecule has 10 nitrogen and oxygen atoms in total. The number of hydrogen-bond donors (Lipinski definition) is 0. The van der Waals surface area contributed by atoms with Gasteiger partial charge >= 0.3 is 11.7 Å². The SMILES string of the molecule is CC(=O)Oc1ccc(N=Nc2c(Cl)cc([N+](=O)[O-])c(C)c2[N+](=O)[O-])cc1. The first-order valence-corrected chi connectivity index (χ1v) is 7.40. The number of halogens is 1. The van der Waals surface area contributed by atoms with Gasteiger partial charge in [-0.2, -0.15) is 5.11 Å². The van der Waals surface area contributed by atoms with Gasteiger partial charge in [0.1, 0.15) is 11.3 Å². The van der Waals surface area contributed by atoms with Crippen molar-refractivity contribution >= 4 is 40.3 Å². The molecule has 0 heterocycles. The molecule has 0 aliphatic rings. The Morgan fingerprint density at radius 2 is 1.73 bits per heavy atom. The van der Waals surface area contributed by atoms with E-state index in [4.69, 9.17) is 16.3 Å². The Bertz CT molecular complexity index is 927. The number of ether oxygens (including phenoxy) is 1. The van der Waals surface area contributed by atoms with Crippen LogP contribution in [0.25, 0.3) is 0 Å². The fourth-order valence-corrected chi connectivity index (χ4v) is 2.30. The normalized spacial score (nSPS) is 10.7. The molecular weight excluding hydrogens is 368 g/mol. The molecule has 134 valence electrons. The summed E-state index contributed by atoms with van der Waals surface area (Å²) in [6.45, 7) is 2.49. The van der Waals surface area contributed by atoms with E-state index < -0.39 is 27.2 Å². The predicted molar refractivity (Wildman–Crippen MR) is 91.4 cm³/mol. The topological polar surface area (TPSA) is 137 Å². The Morgan fingerprint density at radius 1 is 1.12 bits per heavy atom. The van der Waals surface area contributed by atoms with Crippen molar-refractivity contribution in [3.63, 3.8) is 0 Å². The van der Waals surface area contributed by atoms with Crippen molar-refractivity contribution in [2.24, 2.45) is 10.2 Å². The van der Waals surface area contributed by atoms with Gasteiger partial charge in [0.2, 0.25) is 0 Å². The molecule has 0 aliphatic heterocycles. The molecule has 2 rings (SSSR count). The maximum atomic E-state index is 11.3. The summed E-state index contributed by atoms with van der Waals surface area (Å²) in [4.78, 5) is 31.6. The predicted octanol–water partition coefficient (Wildman–Crippen LogP) is 4.81. The largest absolute Gasteiger partial charge is 0.427 e. The van der Waals surface area contributed by atoms with Crippen LogP contribution < -0.4 is 4.74 Å². The van der Waals surface area contributed by atoms with Gasteiger partial charge in [-0.1, -0.05) is 11.6 Å². The van der Waals surface area contributed by atoms with Crippen LogP contribution in [0.5, 0.6) is 5.75 Å². The lowest BCUT2D eigenvalue weighted by Crippen LogP contribution is -2.00. The van der Waals surface area contributed by atoms with Crippen molar-refractivity contribution in [3.05, 3.63) is 61.1 Å². The van der Waals surface area contributed by atoms with Crippen LogP contribution in [0.15, 0.2) is 40.6 Å². The lowest BCUT2D eigenvalue weighted by Gasteiger charge is -2.04. The first-order valence-electron chi connectivity index (χ1n) is 7.02. The van der Waals surface area contributed by atoms with Crippen LogP contribution in [-0.4, -0.2) is 15.8 Å². The highest BCUT2D eigenvalue weighted by Crippen LogP contribution is 2.43. The number of nitro groups is 2. The quantitative estimate of drug-likeness (QED) is 0.240. The van der Waals surface area contributed by atoms with Crippen LogP contribution in [0.3, 0.4) is 0 Å². The lowest BCUT2D eigenvalue weighted by molar-refractivity contribution is -0.394. The molecular formula is C15H11ClN4O6. The highest BCUT2D eigenvalue weighted by molar-refractivity contribution is 6.33. The van der Waals surface area contributed by atoms with Crippen molar-refractivity contribution in [1.82, 2.24) is 0 Å². The van der Waals surface area contributed by atoms with Crippen molar-refractivity contribution < 1.29 is 19.4 Å². The second kappa shape index (κ2) is 7.66. The summed E-state index contributed by atoms with van der Waals surface area (Å²) in [6, 6.07) is 6.86. The number of nitro benzene ring substituents is 2. The Balaban J connectivity index is 2.44. The highest BCUT2D eigenvalue weighted by Gasteiger charge is 2.29. The number of esters is 1. The molecule has 0 aliphatic carbocycles. The van der Waals surface area contributed by atoms with Crippen LogP contribution in [0.1, 0.15) is 12.5 Å². The van der Waals surface area contributed by atoms with Gasteiger partial charge in [0.25, 0.3) is 5.69 Å². The first-order chi connectivity index (χ1) is 12.2. The summed E-state index contributed by atoms with van der Waals surface area (Å²) in [5.41, 5.74) is -1.23. The van der Waals surface area contributed by atoms with Crippen molar-refractivity contribution in [3.8, 4) is 5.75 Å². The van der Waals surface area contributed by atoms with Gasteiger partial charge in [0, 0.05) is 13.0 Å². The highest BCUT2D eigenvalue weighted by atomic mass is 35.5. The van der Waals surface area contributed by atoms with Gasteiger partial charge in [-0.25, -0.2) is 0 Å². The van der Waals surface area contributed by atoms with E-state index in [1.165, 1.54) is 38.1 Å². The lowest BCUT2D eigenvalue weighted by atomic mass is 10.1. The molecule has 0 N–H and O–H groups in total. The van der Waals surface area contributed by atoms with Crippen LogP contribution in [0.4, 0.5) is 22.7 Å². The third kappa shape index (κ3) is 4.16. The van der Waals surface area contributed by atoms with E-state index >= 15 is 0 Å². The molecule has 26 heavy (non-hydrogen) atoms. The first kappa shape index (κ1) is 18.9. The summed E-state index contributed by atoms with van der Waals surface area (Å²) in [5.74, 6) is -0.185. The molecule has 0 saturated heterocycles. The molecule has 11 heteroatoms. The summed E-state index contributed by atoms with van der Waals surface area (Å²) in [7, 11) is 0. The minimum absolute atomic E-state index is 0.177. The van der Waals surface area contributed by atoms with E-state index in [1.807, 2.05) is 0 Å². The zero-order chi connectivity index (χ0) is 19.4. The molecule has 2 aromatic carbocycles. The zero-order valence-electron chi connectivity index (χ0n) is 13.5. The molecule has 0 amide bonds. The Labute approximate surface area is 151 Å². The third-order valence-electron chi connectivity index (χ3n) is 3.20. The molecule has 0 spiro atoms. The monoisotopic (exact) mass is 378 g/mol. The molecule has 0 bridgehead atoms. The number of rotatable bonds is 5. The molecule has 0 saturated carbocycles. The van der Waals surface area contributed by atoms with Gasteiger partial charge < -0.3 is 4.74 Å². The van der Waals surface area contributed by atoms with Crippen LogP contribution >= 0.6 is 11.6 Å². The van der Waals surface area contributed by atoms with Crippen LogP contribution in [0, 0.1) is 27.2 Å². The van der Waals surface area contributed by atoms with E-state index in [-0.39, 0.29) is 16.3 Å². The fraction of sp³-hybridized carbons (Fsp3) is 0.133. The average Bonchev–Trinajstić information content (AvgIpc) is 2.55. The maximum Gasteiger partial charge on any atom is 0.308 e. The summed E-state index contributed by atoms with van der Waals surface area (Å²) in [6.07, 6.45) is 0. The van der Waals surface area contributed by atoms with Gasteiger partial charge in [-0.3, -0.25) is 25.0 Å². The number of carbonyl (C=O) groups is 1. The van der Waals surface area contributed by atoms with E-state index in [1.54, 1.807) is 0 Å². The fourth-order valence-electron chi connectivity index (χ4n) is 2.07. The molecule has 0 atom stereocenters. The molecule has 0 unspecified atom stereocenters. The second-order valence-corrected chi connectivity index (χ2v) is 5.41. The Hall–Kier alpha value is -3.40. The van der Waals surface area contributed by atoms with Crippen molar-refractivity contribution in [1.29, 1.82) is 0 Å². The number of nitrogens with zero attached hydrogens (tertiary/aromatic N) is 4. The second-order valence-electron chi connectivity index (χ2n) is 5.00. The van der Waals surface area contributed by atoms with Crippen molar-refractivity contribution in [2.75, 3.05) is 0 Å². The number of benzene rings is 2. The molecule has 0 aromatic heterocycles. The van der Waals surface area contributed by atoms with E-state index in [2.05, 4.69) is 10.2 Å². The summed E-state index contributed by atoms with van der Waals surface area (Å²) < 4.78 is 4.87. The summed E-state index contributed by atoms with van der Waals surface area (Å²) >= 11 is 5.92. The number of azo groups is 1. The smallest absolute Gasteiger partial charge is 0.308 e. The van der Waals surface area contributed by atoms with Gasteiger partial charge in [-0.15, -0.1) is 5.11 Å². The van der Waals surface area contributed by atoms with Crippen molar-refractivity contribution in [2.45, 2.75) is 13.8 Å². The van der Waals surface area contributed by atoms with Gasteiger partial charge in [-0.05, 0) is 31.2 Å². The van der Waals surface area contributed by atoms with Crippen LogP contribution in [-0.2, 0) is 4.79 Å². The number of carbonyl (C=O) groups excluding carboxylic acids is 1. The Kier molecular flexibility index (Phi) is 5.58. The molecule has 0 fully saturated rings. The maximum absolute atomic E-state index is 11.3. The van der Waals surface area contributed by atoms with Gasteiger partial charge in [0.05, 0.1) is 20.6 Å². The minimum Gasteiger partial charge on any atom is -0.427 e. The zero-order valence-corrected chi connectivity index (χ0v) is 14.3. The molecule has 2 aromatic rings. The van der Waals surface area contributed by atoms with E-state index in [9.17, 15) is 25.0 Å². The van der Waals surface area contributed by atoms with Gasteiger partial charge in [0.15, 0.2) is 5.69 Å². The Morgan fingerprint density at radius 3 is 2.23 bits per heavy atom. The number of hydrogen-bond acceptors (Lipinski definition) is 8. The minimum atomic E-state index is -0.799. The average molecular weight is 379 g/mol. The third-order valence-corrected chi connectivity index (χ3v) is 3.48. The van der Waals surface area contributed by atoms with Crippen LogP contribution in [0.2, 0.25) is 5.02 Å².